The van der Waals surface area contributed by atoms with Crippen molar-refractivity contribution in [2.75, 3.05) is 6.61 Å². The van der Waals surface area contributed by atoms with Crippen LogP contribution in [0.2, 0.25) is 0 Å². The summed E-state index contributed by atoms with van der Waals surface area (Å²) in [6, 6.07) is 17.1. The highest BCUT2D eigenvalue weighted by molar-refractivity contribution is 9.10. The fourth-order valence-corrected chi connectivity index (χ4v) is 3.03. The molecule has 0 aliphatic heterocycles. The van der Waals surface area contributed by atoms with E-state index in [1.54, 1.807) is 6.07 Å². The predicted octanol–water partition coefficient (Wildman–Crippen LogP) is 3.98. The first-order valence-corrected chi connectivity index (χ1v) is 9.15. The van der Waals surface area contributed by atoms with Gasteiger partial charge in [-0.2, -0.15) is 0 Å². The third kappa shape index (κ3) is 5.17. The van der Waals surface area contributed by atoms with Gasteiger partial charge in [0.2, 0.25) is 0 Å². The Kier molecular flexibility index (Phi) is 6.39. The van der Waals surface area contributed by atoms with Crippen molar-refractivity contribution in [3.05, 3.63) is 82.6 Å². The van der Waals surface area contributed by atoms with Gasteiger partial charge in [0.05, 0.1) is 4.47 Å². The van der Waals surface area contributed by atoms with E-state index in [-0.39, 0.29) is 12.4 Å². The molecule has 7 heteroatoms. The Hall–Kier alpha value is -3.19. The third-order valence-electron chi connectivity index (χ3n) is 3.81. The number of ether oxygens (including phenoxy) is 1. The van der Waals surface area contributed by atoms with Gasteiger partial charge in [0, 0.05) is 6.08 Å². The molecular weight excluding hydrogens is 427 g/mol. The Labute approximate surface area is 169 Å². The molecule has 0 aromatic heterocycles. The van der Waals surface area contributed by atoms with Gasteiger partial charge in [-0.05, 0) is 56.5 Å². The molecule has 5 nitrogen and oxygen atoms in total. The molecule has 0 aliphatic rings. The zero-order chi connectivity index (χ0) is 19.9. The number of halogens is 2. The normalized spacial score (nSPS) is 10.8. The summed E-state index contributed by atoms with van der Waals surface area (Å²) in [7, 11) is 0. The van der Waals surface area contributed by atoms with Crippen LogP contribution in [0.25, 0.3) is 16.8 Å². The first-order valence-electron chi connectivity index (χ1n) is 8.35. The second kappa shape index (κ2) is 9.14. The summed E-state index contributed by atoms with van der Waals surface area (Å²) < 4.78 is 19.1. The average molecular weight is 443 g/mol. The van der Waals surface area contributed by atoms with Crippen molar-refractivity contribution < 1.29 is 18.7 Å². The topological polar surface area (TPSA) is 67.4 Å². The molecule has 0 radical (unpaired) electrons. The first kappa shape index (κ1) is 19.6. The van der Waals surface area contributed by atoms with E-state index in [0.29, 0.717) is 11.3 Å². The fraction of sp³-hybridized carbons (Fsp3) is 0.0476. The molecule has 28 heavy (non-hydrogen) atoms. The molecule has 0 heterocycles. The highest BCUT2D eigenvalue weighted by Crippen LogP contribution is 2.32. The molecule has 0 aliphatic carbocycles. The number of nitrogens with one attached hydrogen (secondary N) is 2. The van der Waals surface area contributed by atoms with Crippen LogP contribution in [-0.2, 0) is 9.59 Å². The van der Waals surface area contributed by atoms with Crippen molar-refractivity contribution in [1.29, 1.82) is 0 Å². The minimum absolute atomic E-state index is 0.265. The van der Waals surface area contributed by atoms with Crippen molar-refractivity contribution in [3.63, 3.8) is 0 Å². The molecule has 3 aromatic carbocycles. The number of fused-ring (bicyclic) bond motifs is 1. The van der Waals surface area contributed by atoms with E-state index >= 15 is 0 Å². The number of hydrogen-bond acceptors (Lipinski definition) is 3. The molecular formula is C21H16BrFN2O3. The Morgan fingerprint density at radius 2 is 1.75 bits per heavy atom. The van der Waals surface area contributed by atoms with Gasteiger partial charge in [-0.3, -0.25) is 20.4 Å². The quantitative estimate of drug-likeness (QED) is 0.463. The lowest BCUT2D eigenvalue weighted by atomic mass is 10.1. The summed E-state index contributed by atoms with van der Waals surface area (Å²) in [6.45, 7) is -0.265. The summed E-state index contributed by atoms with van der Waals surface area (Å²) in [5.74, 6) is -0.864. The summed E-state index contributed by atoms with van der Waals surface area (Å²) in [6.07, 6.45) is 2.73. The van der Waals surface area contributed by atoms with Crippen LogP contribution in [0.3, 0.4) is 0 Å². The molecule has 3 rings (SSSR count). The zero-order valence-corrected chi connectivity index (χ0v) is 16.2. The van der Waals surface area contributed by atoms with Crippen LogP contribution in [0.1, 0.15) is 5.56 Å². The number of benzene rings is 3. The Balaban J connectivity index is 1.48. The summed E-state index contributed by atoms with van der Waals surface area (Å²) in [5, 5.41) is 2.02. The van der Waals surface area contributed by atoms with Gasteiger partial charge in [-0.25, -0.2) is 4.39 Å². The molecule has 0 saturated carbocycles. The third-order valence-corrected chi connectivity index (χ3v) is 4.63. The number of carbonyl (C=O) groups excluding carboxylic acids is 2. The van der Waals surface area contributed by atoms with E-state index in [9.17, 15) is 14.0 Å². The largest absolute Gasteiger partial charge is 0.483 e. The van der Waals surface area contributed by atoms with Crippen molar-refractivity contribution in [3.8, 4) is 5.75 Å². The molecule has 0 bridgehead atoms. The highest BCUT2D eigenvalue weighted by atomic mass is 79.9. The first-order chi connectivity index (χ1) is 13.5. The SMILES string of the molecule is O=C(/C=C/c1ccc(F)cc1)NNC(=O)COc1ccc2ccccc2c1Br. The van der Waals surface area contributed by atoms with Gasteiger partial charge in [0.25, 0.3) is 11.8 Å². The maximum Gasteiger partial charge on any atom is 0.276 e. The Bertz CT molecular complexity index is 1040. The zero-order valence-electron chi connectivity index (χ0n) is 14.6. The van der Waals surface area contributed by atoms with E-state index in [4.69, 9.17) is 4.74 Å². The Morgan fingerprint density at radius 1 is 1.00 bits per heavy atom. The molecule has 0 saturated heterocycles. The van der Waals surface area contributed by atoms with Gasteiger partial charge >= 0.3 is 0 Å². The van der Waals surface area contributed by atoms with Gasteiger partial charge in [-0.1, -0.05) is 42.5 Å². The summed E-state index contributed by atoms with van der Waals surface area (Å²) >= 11 is 3.48. The van der Waals surface area contributed by atoms with Crippen LogP contribution in [0.5, 0.6) is 5.75 Å². The van der Waals surface area contributed by atoms with Crippen LogP contribution in [0.15, 0.2) is 71.2 Å². The second-order valence-corrected chi connectivity index (χ2v) is 6.60. The van der Waals surface area contributed by atoms with Crippen molar-refractivity contribution in [2.45, 2.75) is 0 Å². The molecule has 3 aromatic rings. The van der Waals surface area contributed by atoms with E-state index in [0.717, 1.165) is 15.2 Å². The lowest BCUT2D eigenvalue weighted by Crippen LogP contribution is -2.43. The number of amides is 2. The van der Waals surface area contributed by atoms with E-state index in [2.05, 4.69) is 26.8 Å². The lowest BCUT2D eigenvalue weighted by Gasteiger charge is -2.10. The minimum Gasteiger partial charge on any atom is -0.483 e. The van der Waals surface area contributed by atoms with E-state index in [1.165, 1.54) is 36.4 Å². The predicted molar refractivity (Wildman–Crippen MR) is 109 cm³/mol. The maximum atomic E-state index is 12.8. The van der Waals surface area contributed by atoms with Crippen LogP contribution in [0.4, 0.5) is 4.39 Å². The van der Waals surface area contributed by atoms with Crippen LogP contribution < -0.4 is 15.6 Å². The highest BCUT2D eigenvalue weighted by Gasteiger charge is 2.09. The molecule has 0 spiro atoms. The van der Waals surface area contributed by atoms with E-state index < -0.39 is 11.8 Å². The van der Waals surface area contributed by atoms with Crippen LogP contribution in [-0.4, -0.2) is 18.4 Å². The van der Waals surface area contributed by atoms with Crippen molar-refractivity contribution in [1.82, 2.24) is 10.9 Å². The molecule has 2 amide bonds. The smallest absolute Gasteiger partial charge is 0.276 e. The van der Waals surface area contributed by atoms with Crippen LogP contribution in [0, 0.1) is 5.82 Å². The molecule has 142 valence electrons. The maximum absolute atomic E-state index is 12.8. The monoisotopic (exact) mass is 442 g/mol. The number of hydrogen-bond donors (Lipinski definition) is 2. The molecule has 0 atom stereocenters. The van der Waals surface area contributed by atoms with Crippen LogP contribution >= 0.6 is 15.9 Å². The minimum atomic E-state index is -0.524. The number of hydrazine groups is 1. The van der Waals surface area contributed by atoms with Crippen molar-refractivity contribution >= 4 is 44.6 Å². The van der Waals surface area contributed by atoms with Crippen molar-refractivity contribution in [2.24, 2.45) is 0 Å². The molecule has 0 fully saturated rings. The number of carbonyl (C=O) groups is 2. The average Bonchev–Trinajstić information content (AvgIpc) is 2.71. The standard InChI is InChI=1S/C21H16BrFN2O3/c22-21-17-4-2-1-3-15(17)8-11-18(21)28-13-20(27)25-24-19(26)12-7-14-5-9-16(23)10-6-14/h1-12H,13H2,(H,24,26)(H,25,27)/b12-7+. The molecule has 2 N–H and O–H groups in total. The second-order valence-electron chi connectivity index (χ2n) is 5.81. The fourth-order valence-electron chi connectivity index (χ4n) is 2.42. The van der Waals surface area contributed by atoms with Gasteiger partial charge in [-0.15, -0.1) is 0 Å². The Morgan fingerprint density at radius 3 is 2.54 bits per heavy atom. The van der Waals surface area contributed by atoms with Gasteiger partial charge in [0.1, 0.15) is 11.6 Å². The lowest BCUT2D eigenvalue weighted by molar-refractivity contribution is -0.128. The van der Waals surface area contributed by atoms with Gasteiger partial charge in [0.15, 0.2) is 6.61 Å². The summed E-state index contributed by atoms with van der Waals surface area (Å²) in [4.78, 5) is 23.6. The van der Waals surface area contributed by atoms with E-state index in [1.807, 2.05) is 30.3 Å². The summed E-state index contributed by atoms with van der Waals surface area (Å²) in [5.41, 5.74) is 5.18. The molecule has 0 unspecified atom stereocenters. The number of rotatable bonds is 5. The van der Waals surface area contributed by atoms with Gasteiger partial charge < -0.3 is 4.74 Å².